The summed E-state index contributed by atoms with van der Waals surface area (Å²) in [4.78, 5) is 27.1. The van der Waals surface area contributed by atoms with E-state index in [1.165, 1.54) is 12.4 Å². The summed E-state index contributed by atoms with van der Waals surface area (Å²) < 4.78 is 5.38. The zero-order valence-electron chi connectivity index (χ0n) is 8.21. The standard InChI is InChI=1S/C11H8N2O3/c14-7-8-2-1-3-9(4-8)16-10-5-12-11(15)13-6-10/h1-7H,(H,12,13,15). The molecular formula is C11H8N2O3. The SMILES string of the molecule is O=Cc1cccc(Oc2cnc(=O)[nH]c2)c1. The monoisotopic (exact) mass is 216 g/mol. The summed E-state index contributed by atoms with van der Waals surface area (Å²) >= 11 is 0. The lowest BCUT2D eigenvalue weighted by atomic mass is 10.2. The van der Waals surface area contributed by atoms with Crippen molar-refractivity contribution >= 4 is 6.29 Å². The Labute approximate surface area is 90.7 Å². The summed E-state index contributed by atoms with van der Waals surface area (Å²) in [6.07, 6.45) is 3.45. The van der Waals surface area contributed by atoms with E-state index in [-0.39, 0.29) is 0 Å². The second-order valence-electron chi connectivity index (χ2n) is 3.05. The molecule has 80 valence electrons. The highest BCUT2D eigenvalue weighted by molar-refractivity contribution is 5.75. The van der Waals surface area contributed by atoms with E-state index in [4.69, 9.17) is 4.74 Å². The number of aldehydes is 1. The van der Waals surface area contributed by atoms with Gasteiger partial charge in [-0.1, -0.05) is 12.1 Å². The molecule has 16 heavy (non-hydrogen) atoms. The minimum absolute atomic E-state index is 0.405. The Morgan fingerprint density at radius 2 is 2.19 bits per heavy atom. The van der Waals surface area contributed by atoms with Crippen LogP contribution in [-0.4, -0.2) is 16.3 Å². The summed E-state index contributed by atoms with van der Waals surface area (Å²) in [5.41, 5.74) is 0.0869. The minimum atomic E-state index is -0.436. The molecule has 1 aromatic heterocycles. The highest BCUT2D eigenvalue weighted by atomic mass is 16.5. The summed E-state index contributed by atoms with van der Waals surface area (Å²) in [6, 6.07) is 6.68. The van der Waals surface area contributed by atoms with Crippen molar-refractivity contribution in [3.05, 3.63) is 52.7 Å². The average Bonchev–Trinajstić information content (AvgIpc) is 2.32. The molecule has 1 aromatic carbocycles. The molecule has 0 amide bonds. The van der Waals surface area contributed by atoms with E-state index >= 15 is 0 Å². The number of hydrogen-bond acceptors (Lipinski definition) is 4. The number of aromatic nitrogens is 2. The van der Waals surface area contributed by atoms with E-state index < -0.39 is 5.69 Å². The molecule has 2 aromatic rings. The van der Waals surface area contributed by atoms with Gasteiger partial charge in [0.2, 0.25) is 0 Å². The van der Waals surface area contributed by atoms with Crippen LogP contribution in [0.1, 0.15) is 10.4 Å². The Kier molecular flexibility index (Phi) is 2.77. The number of aromatic amines is 1. The lowest BCUT2D eigenvalue weighted by Crippen LogP contribution is -2.07. The molecule has 0 saturated carbocycles. The molecule has 5 heteroatoms. The smallest absolute Gasteiger partial charge is 0.345 e. The fraction of sp³-hybridized carbons (Fsp3) is 0. The molecule has 0 radical (unpaired) electrons. The fourth-order valence-electron chi connectivity index (χ4n) is 1.17. The lowest BCUT2D eigenvalue weighted by Gasteiger charge is -2.04. The maximum atomic E-state index is 10.7. The van der Waals surface area contributed by atoms with Crippen molar-refractivity contribution in [3.8, 4) is 11.5 Å². The van der Waals surface area contributed by atoms with Gasteiger partial charge >= 0.3 is 5.69 Å². The molecule has 0 bridgehead atoms. The van der Waals surface area contributed by atoms with Crippen LogP contribution < -0.4 is 10.4 Å². The van der Waals surface area contributed by atoms with E-state index in [2.05, 4.69) is 9.97 Å². The molecule has 1 N–H and O–H groups in total. The zero-order chi connectivity index (χ0) is 11.4. The fourth-order valence-corrected chi connectivity index (χ4v) is 1.17. The van der Waals surface area contributed by atoms with Crippen molar-refractivity contribution in [1.82, 2.24) is 9.97 Å². The third kappa shape index (κ3) is 2.33. The zero-order valence-corrected chi connectivity index (χ0v) is 8.21. The number of rotatable bonds is 3. The van der Waals surface area contributed by atoms with Gasteiger partial charge < -0.3 is 9.72 Å². The number of hydrogen-bond donors (Lipinski definition) is 1. The van der Waals surface area contributed by atoms with Gasteiger partial charge in [0.1, 0.15) is 12.0 Å². The molecule has 0 unspecified atom stereocenters. The summed E-state index contributed by atoms with van der Waals surface area (Å²) in [5.74, 6) is 0.918. The number of benzene rings is 1. The molecule has 2 rings (SSSR count). The van der Waals surface area contributed by atoms with Crippen LogP contribution >= 0.6 is 0 Å². The summed E-state index contributed by atoms with van der Waals surface area (Å²) in [7, 11) is 0. The van der Waals surface area contributed by atoms with E-state index in [1.54, 1.807) is 24.3 Å². The molecule has 0 aliphatic carbocycles. The molecule has 0 atom stereocenters. The van der Waals surface area contributed by atoms with Gasteiger partial charge in [0.15, 0.2) is 5.75 Å². The van der Waals surface area contributed by atoms with Gasteiger partial charge in [-0.05, 0) is 12.1 Å². The van der Waals surface area contributed by atoms with Crippen LogP contribution in [0.3, 0.4) is 0 Å². The van der Waals surface area contributed by atoms with Gasteiger partial charge in [0, 0.05) is 5.56 Å². The van der Waals surface area contributed by atoms with Crippen LogP contribution in [0.25, 0.3) is 0 Å². The highest BCUT2D eigenvalue weighted by Gasteiger charge is 1.98. The van der Waals surface area contributed by atoms with Crippen molar-refractivity contribution in [3.63, 3.8) is 0 Å². The topological polar surface area (TPSA) is 72.0 Å². The molecule has 0 spiro atoms. The van der Waals surface area contributed by atoms with Gasteiger partial charge in [0.05, 0.1) is 12.4 Å². The first-order valence-electron chi connectivity index (χ1n) is 4.56. The van der Waals surface area contributed by atoms with Crippen molar-refractivity contribution in [2.75, 3.05) is 0 Å². The third-order valence-electron chi connectivity index (χ3n) is 1.88. The number of carbonyl (C=O) groups is 1. The Morgan fingerprint density at radius 3 is 2.88 bits per heavy atom. The number of H-pyrrole nitrogens is 1. The molecule has 5 nitrogen and oxygen atoms in total. The Hall–Kier alpha value is -2.43. The van der Waals surface area contributed by atoms with Crippen molar-refractivity contribution < 1.29 is 9.53 Å². The Morgan fingerprint density at radius 1 is 1.31 bits per heavy atom. The minimum Gasteiger partial charge on any atom is -0.454 e. The Bertz CT molecular complexity index is 543. The van der Waals surface area contributed by atoms with Crippen LogP contribution in [0, 0.1) is 0 Å². The molecule has 1 heterocycles. The molecule has 0 fully saturated rings. The first kappa shape index (κ1) is 10.1. The normalized spacial score (nSPS) is 9.75. The van der Waals surface area contributed by atoms with Gasteiger partial charge in [-0.15, -0.1) is 0 Å². The second-order valence-corrected chi connectivity index (χ2v) is 3.05. The molecule has 0 aliphatic rings. The predicted molar refractivity (Wildman–Crippen MR) is 56.8 cm³/mol. The van der Waals surface area contributed by atoms with Crippen LogP contribution in [-0.2, 0) is 0 Å². The van der Waals surface area contributed by atoms with Crippen molar-refractivity contribution in [1.29, 1.82) is 0 Å². The summed E-state index contributed by atoms with van der Waals surface area (Å²) in [6.45, 7) is 0. The first-order chi connectivity index (χ1) is 7.78. The van der Waals surface area contributed by atoms with E-state index in [0.717, 1.165) is 6.29 Å². The molecule has 0 aliphatic heterocycles. The van der Waals surface area contributed by atoms with E-state index in [9.17, 15) is 9.59 Å². The third-order valence-corrected chi connectivity index (χ3v) is 1.88. The molecular weight excluding hydrogens is 208 g/mol. The van der Waals surface area contributed by atoms with Gasteiger partial charge in [-0.25, -0.2) is 4.79 Å². The van der Waals surface area contributed by atoms with Crippen LogP contribution in [0.5, 0.6) is 11.5 Å². The van der Waals surface area contributed by atoms with Crippen LogP contribution in [0.2, 0.25) is 0 Å². The number of ether oxygens (including phenoxy) is 1. The molecule has 0 saturated heterocycles. The van der Waals surface area contributed by atoms with Gasteiger partial charge in [0.25, 0.3) is 0 Å². The maximum Gasteiger partial charge on any atom is 0.345 e. The van der Waals surface area contributed by atoms with Crippen molar-refractivity contribution in [2.24, 2.45) is 0 Å². The van der Waals surface area contributed by atoms with Crippen LogP contribution in [0.4, 0.5) is 0 Å². The highest BCUT2D eigenvalue weighted by Crippen LogP contribution is 2.19. The first-order valence-corrected chi connectivity index (χ1v) is 4.56. The number of carbonyl (C=O) groups excluding carboxylic acids is 1. The lowest BCUT2D eigenvalue weighted by molar-refractivity contribution is 0.112. The summed E-state index contributed by atoms with van der Waals surface area (Å²) in [5, 5.41) is 0. The number of nitrogens with one attached hydrogen (secondary N) is 1. The largest absolute Gasteiger partial charge is 0.454 e. The van der Waals surface area contributed by atoms with Crippen molar-refractivity contribution in [2.45, 2.75) is 0 Å². The quantitative estimate of drug-likeness (QED) is 0.786. The van der Waals surface area contributed by atoms with E-state index in [1.807, 2.05) is 0 Å². The maximum absolute atomic E-state index is 10.7. The van der Waals surface area contributed by atoms with Gasteiger partial charge in [-0.3, -0.25) is 4.79 Å². The average molecular weight is 216 g/mol. The van der Waals surface area contributed by atoms with Crippen LogP contribution in [0.15, 0.2) is 41.5 Å². The van der Waals surface area contributed by atoms with E-state index in [0.29, 0.717) is 17.1 Å². The predicted octanol–water partition coefficient (Wildman–Crippen LogP) is 1.37. The second kappa shape index (κ2) is 4.39. The number of nitrogens with zero attached hydrogens (tertiary/aromatic N) is 1. The Balaban J connectivity index is 2.23. The van der Waals surface area contributed by atoms with Gasteiger partial charge in [-0.2, -0.15) is 4.98 Å².